The summed E-state index contributed by atoms with van der Waals surface area (Å²) in [5.41, 5.74) is -0.540. The summed E-state index contributed by atoms with van der Waals surface area (Å²) in [6.07, 6.45) is 17.4. The molecule has 7 heteroatoms. The molecule has 0 spiro atoms. The Bertz CT molecular complexity index is 721. The monoisotopic (exact) mass is 449 g/mol. The molecule has 0 aromatic carbocycles. The van der Waals surface area contributed by atoms with Crippen LogP contribution in [0, 0.1) is 0 Å². The van der Waals surface area contributed by atoms with E-state index in [4.69, 9.17) is 4.74 Å². The molecule has 0 saturated carbocycles. The van der Waals surface area contributed by atoms with Gasteiger partial charge in [0, 0.05) is 19.0 Å². The molecule has 2 N–H and O–H groups in total. The van der Waals surface area contributed by atoms with Crippen molar-refractivity contribution in [1.82, 2.24) is 9.55 Å². The molecule has 2 rings (SSSR count). The Balaban J connectivity index is 1.52. The van der Waals surface area contributed by atoms with Crippen molar-refractivity contribution in [3.8, 4) is 0 Å². The molecule has 3 unspecified atom stereocenters. The maximum Gasteiger partial charge on any atom is 0.351 e. The zero-order valence-corrected chi connectivity index (χ0v) is 20.1. The highest BCUT2D eigenvalue weighted by Gasteiger charge is 2.33. The van der Waals surface area contributed by atoms with Crippen molar-refractivity contribution < 1.29 is 14.6 Å². The van der Waals surface area contributed by atoms with E-state index >= 15 is 0 Å². The number of rotatable bonds is 16. The van der Waals surface area contributed by atoms with Gasteiger partial charge in [-0.2, -0.15) is 4.98 Å². The standard InChI is InChI=1S/C25H43N3O4/c1-3-4-5-6-7-8-9-10-11-12-13-14-15-16-23(30)26-22-17-18-28(25(31)27-22)24-21(29)19-20(2)32-24/h17-18,20-21,24,29H,3-16,19H2,1-2H3,(H,26,27,30,31). The van der Waals surface area contributed by atoms with E-state index in [2.05, 4.69) is 17.2 Å². The van der Waals surface area contributed by atoms with Gasteiger partial charge in [0.25, 0.3) is 0 Å². The molecule has 1 aliphatic heterocycles. The van der Waals surface area contributed by atoms with Crippen LogP contribution in [0.25, 0.3) is 0 Å². The van der Waals surface area contributed by atoms with Gasteiger partial charge < -0.3 is 15.2 Å². The number of anilines is 1. The second kappa shape index (κ2) is 15.2. The maximum atomic E-state index is 12.3. The Labute approximate surface area is 193 Å². The summed E-state index contributed by atoms with van der Waals surface area (Å²) in [6, 6.07) is 1.57. The van der Waals surface area contributed by atoms with Crippen LogP contribution in [0.3, 0.4) is 0 Å². The van der Waals surface area contributed by atoms with E-state index in [1.54, 1.807) is 6.07 Å². The highest BCUT2D eigenvalue weighted by atomic mass is 16.5. The van der Waals surface area contributed by atoms with Crippen molar-refractivity contribution in [1.29, 1.82) is 0 Å². The Morgan fingerprint density at radius 3 is 2.12 bits per heavy atom. The molecule has 1 fully saturated rings. The molecule has 0 bridgehead atoms. The first-order valence-corrected chi connectivity index (χ1v) is 12.7. The van der Waals surface area contributed by atoms with Gasteiger partial charge in [-0.1, -0.05) is 84.0 Å². The van der Waals surface area contributed by atoms with Crippen molar-refractivity contribution in [3.05, 3.63) is 22.7 Å². The van der Waals surface area contributed by atoms with Crippen molar-refractivity contribution in [3.63, 3.8) is 0 Å². The Morgan fingerprint density at radius 2 is 1.62 bits per heavy atom. The van der Waals surface area contributed by atoms with Gasteiger partial charge in [-0.25, -0.2) is 4.79 Å². The van der Waals surface area contributed by atoms with E-state index in [0.29, 0.717) is 12.8 Å². The summed E-state index contributed by atoms with van der Waals surface area (Å²) in [6.45, 7) is 4.11. The average Bonchev–Trinajstić information content (AvgIpc) is 3.09. The number of carbonyl (C=O) groups excluding carboxylic acids is 1. The predicted octanol–water partition coefficient (Wildman–Crippen LogP) is 5.33. The molecule has 1 aromatic rings. The average molecular weight is 450 g/mol. The number of aromatic nitrogens is 2. The van der Waals surface area contributed by atoms with E-state index in [0.717, 1.165) is 12.8 Å². The summed E-state index contributed by atoms with van der Waals surface area (Å²) in [4.78, 5) is 28.3. The number of nitrogens with zero attached hydrogens (tertiary/aromatic N) is 2. The lowest BCUT2D eigenvalue weighted by atomic mass is 10.0. The molecule has 0 aliphatic carbocycles. The van der Waals surface area contributed by atoms with Crippen LogP contribution in [0.5, 0.6) is 0 Å². The van der Waals surface area contributed by atoms with Crippen molar-refractivity contribution in [2.75, 3.05) is 5.32 Å². The highest BCUT2D eigenvalue weighted by Crippen LogP contribution is 2.27. The fraction of sp³-hybridized carbons (Fsp3) is 0.800. The first-order valence-electron chi connectivity index (χ1n) is 12.7. The zero-order valence-electron chi connectivity index (χ0n) is 20.1. The molecular weight excluding hydrogens is 406 g/mol. The van der Waals surface area contributed by atoms with Crippen LogP contribution in [0.4, 0.5) is 5.82 Å². The number of carbonyl (C=O) groups is 1. The molecule has 1 amide bonds. The lowest BCUT2D eigenvalue weighted by Crippen LogP contribution is -2.32. The first-order chi connectivity index (χ1) is 15.5. The second-order valence-electron chi connectivity index (χ2n) is 9.18. The highest BCUT2D eigenvalue weighted by molar-refractivity contribution is 5.89. The zero-order chi connectivity index (χ0) is 23.2. The summed E-state index contributed by atoms with van der Waals surface area (Å²) in [7, 11) is 0. The number of nitrogens with one attached hydrogen (secondary N) is 1. The normalized spacial score (nSPS) is 20.5. The van der Waals surface area contributed by atoms with Crippen LogP contribution in [0.15, 0.2) is 17.1 Å². The number of hydrogen-bond acceptors (Lipinski definition) is 5. The van der Waals surface area contributed by atoms with Crippen molar-refractivity contribution in [2.45, 2.75) is 129 Å². The predicted molar refractivity (Wildman–Crippen MR) is 128 cm³/mol. The minimum atomic E-state index is -0.736. The molecule has 32 heavy (non-hydrogen) atoms. The molecule has 1 saturated heterocycles. The SMILES string of the molecule is CCCCCCCCCCCCCCCC(=O)Nc1ccn(C2OC(C)CC2O)c(=O)n1. The van der Waals surface area contributed by atoms with Gasteiger partial charge in [0.1, 0.15) is 11.9 Å². The lowest BCUT2D eigenvalue weighted by molar-refractivity contribution is -0.116. The van der Waals surface area contributed by atoms with Crippen molar-refractivity contribution >= 4 is 11.7 Å². The molecule has 7 nitrogen and oxygen atoms in total. The number of hydrogen-bond donors (Lipinski definition) is 2. The number of amides is 1. The quantitative estimate of drug-likeness (QED) is 0.333. The van der Waals surface area contributed by atoms with Gasteiger partial charge in [0.15, 0.2) is 6.23 Å². The van der Waals surface area contributed by atoms with E-state index < -0.39 is 18.0 Å². The topological polar surface area (TPSA) is 93.5 Å². The van der Waals surface area contributed by atoms with Gasteiger partial charge in [-0.15, -0.1) is 0 Å². The van der Waals surface area contributed by atoms with Gasteiger partial charge in [0.2, 0.25) is 5.91 Å². The van der Waals surface area contributed by atoms with Crippen LogP contribution in [0.1, 0.15) is 116 Å². The van der Waals surface area contributed by atoms with E-state index in [-0.39, 0.29) is 17.8 Å². The number of unbranched alkanes of at least 4 members (excludes halogenated alkanes) is 12. The third kappa shape index (κ3) is 9.82. The fourth-order valence-corrected chi connectivity index (χ4v) is 4.28. The number of ether oxygens (including phenoxy) is 1. The Morgan fingerprint density at radius 1 is 1.06 bits per heavy atom. The van der Waals surface area contributed by atoms with Gasteiger partial charge in [-0.05, 0) is 19.4 Å². The number of aliphatic hydroxyl groups excluding tert-OH is 1. The Kier molecular flexibility index (Phi) is 12.6. The number of aliphatic hydroxyl groups is 1. The molecule has 0 radical (unpaired) electrons. The minimum Gasteiger partial charge on any atom is -0.388 e. The van der Waals surface area contributed by atoms with Gasteiger partial charge >= 0.3 is 5.69 Å². The van der Waals surface area contributed by atoms with Crippen LogP contribution < -0.4 is 11.0 Å². The minimum absolute atomic E-state index is 0.110. The molecule has 2 heterocycles. The molecule has 1 aromatic heterocycles. The summed E-state index contributed by atoms with van der Waals surface area (Å²) in [5, 5.41) is 12.7. The third-order valence-electron chi connectivity index (χ3n) is 6.15. The third-order valence-corrected chi connectivity index (χ3v) is 6.15. The molecule has 1 aliphatic rings. The van der Waals surface area contributed by atoms with E-state index in [1.807, 2.05) is 6.92 Å². The molecule has 182 valence electrons. The smallest absolute Gasteiger partial charge is 0.351 e. The molecule has 3 atom stereocenters. The lowest BCUT2D eigenvalue weighted by Gasteiger charge is -2.17. The Hall–Kier alpha value is -1.73. The second-order valence-corrected chi connectivity index (χ2v) is 9.18. The summed E-state index contributed by atoms with van der Waals surface area (Å²) in [5.74, 6) is 0.120. The van der Waals surface area contributed by atoms with E-state index in [1.165, 1.54) is 81.4 Å². The van der Waals surface area contributed by atoms with Gasteiger partial charge in [-0.3, -0.25) is 9.36 Å². The van der Waals surface area contributed by atoms with Crippen LogP contribution in [-0.2, 0) is 9.53 Å². The van der Waals surface area contributed by atoms with Gasteiger partial charge in [0.05, 0.1) is 6.10 Å². The summed E-state index contributed by atoms with van der Waals surface area (Å²) < 4.78 is 6.85. The van der Waals surface area contributed by atoms with Crippen LogP contribution in [-0.4, -0.2) is 32.8 Å². The van der Waals surface area contributed by atoms with Crippen molar-refractivity contribution in [2.24, 2.45) is 0 Å². The first kappa shape index (κ1) is 26.5. The molecular formula is C25H43N3O4. The largest absolute Gasteiger partial charge is 0.388 e. The van der Waals surface area contributed by atoms with E-state index in [9.17, 15) is 14.7 Å². The van der Waals surface area contributed by atoms with Crippen LogP contribution in [0.2, 0.25) is 0 Å². The van der Waals surface area contributed by atoms with Crippen LogP contribution >= 0.6 is 0 Å². The fourth-order valence-electron chi connectivity index (χ4n) is 4.28. The summed E-state index contributed by atoms with van der Waals surface area (Å²) >= 11 is 0. The maximum absolute atomic E-state index is 12.3.